The molecule has 0 saturated carbocycles. The average molecular weight is 353 g/mol. The maximum absolute atomic E-state index is 6.74. The van der Waals surface area contributed by atoms with Crippen molar-refractivity contribution in [3.63, 3.8) is 0 Å². The van der Waals surface area contributed by atoms with Crippen molar-refractivity contribution in [1.29, 1.82) is 0 Å². The fourth-order valence-corrected chi connectivity index (χ4v) is 5.04. The first-order valence-electron chi connectivity index (χ1n) is 8.87. The Morgan fingerprint density at radius 3 is 2.61 bits per heavy atom. The fraction of sp³-hybridized carbons (Fsp3) is 0.684. The summed E-state index contributed by atoms with van der Waals surface area (Å²) in [6.45, 7) is 12.9. The highest BCUT2D eigenvalue weighted by Crippen LogP contribution is 2.41. The van der Waals surface area contributed by atoms with Crippen LogP contribution in [0.15, 0.2) is 23.1 Å². The molecule has 2 heterocycles. The summed E-state index contributed by atoms with van der Waals surface area (Å²) < 4.78 is 0.186. The van der Waals surface area contributed by atoms with Crippen LogP contribution in [-0.2, 0) is 0 Å². The number of benzene rings is 1. The summed E-state index contributed by atoms with van der Waals surface area (Å²) in [6.07, 6.45) is 4.06. The van der Waals surface area contributed by atoms with Crippen LogP contribution >= 0.6 is 23.4 Å². The monoisotopic (exact) mass is 352 g/mol. The molecule has 0 bridgehead atoms. The molecule has 3 rings (SSSR count). The third-order valence-electron chi connectivity index (χ3n) is 4.70. The standard InChI is InChI=1S/C19H29ClN2S/c1-19(2,3)23-17-8-6-7-16(18(17)20)22-12-9-15(14-22)13-21-10-4-5-11-21/h6-8,15H,4-5,9-14H2,1-3H3. The van der Waals surface area contributed by atoms with Crippen molar-refractivity contribution in [3.8, 4) is 0 Å². The lowest BCUT2D eigenvalue weighted by Gasteiger charge is -2.25. The molecule has 2 saturated heterocycles. The second-order valence-electron chi connectivity index (χ2n) is 7.91. The molecule has 2 aliphatic rings. The number of likely N-dealkylation sites (tertiary alicyclic amines) is 1. The first-order valence-corrected chi connectivity index (χ1v) is 10.1. The first kappa shape index (κ1) is 17.4. The van der Waals surface area contributed by atoms with Crippen LogP contribution in [-0.4, -0.2) is 42.4 Å². The van der Waals surface area contributed by atoms with E-state index in [1.54, 1.807) is 0 Å². The van der Waals surface area contributed by atoms with Crippen molar-refractivity contribution >= 4 is 29.1 Å². The molecule has 0 aliphatic carbocycles. The van der Waals surface area contributed by atoms with E-state index in [-0.39, 0.29) is 4.75 Å². The van der Waals surface area contributed by atoms with Gasteiger partial charge in [0.1, 0.15) is 0 Å². The predicted octanol–water partition coefficient (Wildman–Crippen LogP) is 5.15. The lowest BCUT2D eigenvalue weighted by molar-refractivity contribution is 0.289. The Hall–Kier alpha value is -0.380. The van der Waals surface area contributed by atoms with E-state index in [0.29, 0.717) is 0 Å². The Morgan fingerprint density at radius 2 is 1.91 bits per heavy atom. The van der Waals surface area contributed by atoms with E-state index in [9.17, 15) is 0 Å². The maximum atomic E-state index is 6.74. The second kappa shape index (κ2) is 7.25. The maximum Gasteiger partial charge on any atom is 0.0775 e. The average Bonchev–Trinajstić information content (AvgIpc) is 3.12. The highest BCUT2D eigenvalue weighted by atomic mass is 35.5. The Labute approximate surface area is 150 Å². The summed E-state index contributed by atoms with van der Waals surface area (Å²) in [7, 11) is 0. The molecular formula is C19H29ClN2S. The first-order chi connectivity index (χ1) is 10.9. The summed E-state index contributed by atoms with van der Waals surface area (Å²) in [4.78, 5) is 6.34. The molecule has 0 aromatic heterocycles. The normalized spacial score (nSPS) is 23.0. The largest absolute Gasteiger partial charge is 0.370 e. The van der Waals surface area contributed by atoms with Gasteiger partial charge in [0, 0.05) is 29.3 Å². The molecule has 23 heavy (non-hydrogen) atoms. The Balaban J connectivity index is 1.66. The van der Waals surface area contributed by atoms with Crippen LogP contribution in [0.25, 0.3) is 0 Å². The van der Waals surface area contributed by atoms with Gasteiger partial charge >= 0.3 is 0 Å². The Kier molecular flexibility index (Phi) is 5.49. The molecule has 2 aliphatic heterocycles. The van der Waals surface area contributed by atoms with Gasteiger partial charge in [0.05, 0.1) is 10.7 Å². The van der Waals surface area contributed by atoms with Crippen molar-refractivity contribution in [2.45, 2.75) is 49.7 Å². The van der Waals surface area contributed by atoms with Crippen LogP contribution in [0.3, 0.4) is 0 Å². The van der Waals surface area contributed by atoms with Crippen LogP contribution in [0.1, 0.15) is 40.0 Å². The van der Waals surface area contributed by atoms with Crippen LogP contribution in [0, 0.1) is 5.92 Å². The van der Waals surface area contributed by atoms with Crippen LogP contribution < -0.4 is 4.90 Å². The number of hydrogen-bond acceptors (Lipinski definition) is 3. The minimum absolute atomic E-state index is 0.186. The molecule has 1 atom stereocenters. The van der Waals surface area contributed by atoms with Gasteiger partial charge in [-0.3, -0.25) is 0 Å². The molecule has 0 radical (unpaired) electrons. The van der Waals surface area contributed by atoms with Gasteiger partial charge in [0.15, 0.2) is 0 Å². The zero-order valence-corrected chi connectivity index (χ0v) is 16.2. The predicted molar refractivity (Wildman–Crippen MR) is 103 cm³/mol. The second-order valence-corrected chi connectivity index (χ2v) is 10.2. The summed E-state index contributed by atoms with van der Waals surface area (Å²) in [5.41, 5.74) is 1.23. The van der Waals surface area contributed by atoms with Crippen LogP contribution in [0.4, 0.5) is 5.69 Å². The molecule has 0 amide bonds. The van der Waals surface area contributed by atoms with Crippen molar-refractivity contribution < 1.29 is 0 Å². The van der Waals surface area contributed by atoms with Crippen molar-refractivity contribution in [2.24, 2.45) is 5.92 Å². The summed E-state index contributed by atoms with van der Waals surface area (Å²) in [6, 6.07) is 6.50. The molecular weight excluding hydrogens is 324 g/mol. The quantitative estimate of drug-likeness (QED) is 0.691. The fourth-order valence-electron chi connectivity index (χ4n) is 3.68. The van der Waals surface area contributed by atoms with Gasteiger partial charge in [-0.15, -0.1) is 11.8 Å². The molecule has 1 unspecified atom stereocenters. The van der Waals surface area contributed by atoms with E-state index in [2.05, 4.69) is 48.8 Å². The summed E-state index contributed by atoms with van der Waals surface area (Å²) in [5.74, 6) is 0.795. The Bertz CT molecular complexity index is 535. The van der Waals surface area contributed by atoms with E-state index in [4.69, 9.17) is 11.6 Å². The molecule has 128 valence electrons. The lowest BCUT2D eigenvalue weighted by atomic mass is 10.1. The van der Waals surface area contributed by atoms with E-state index < -0.39 is 0 Å². The van der Waals surface area contributed by atoms with Gasteiger partial charge in [0.25, 0.3) is 0 Å². The van der Waals surface area contributed by atoms with E-state index in [1.165, 1.54) is 49.5 Å². The third-order valence-corrected chi connectivity index (χ3v) is 6.38. The summed E-state index contributed by atoms with van der Waals surface area (Å²) >= 11 is 8.60. The molecule has 4 heteroatoms. The Morgan fingerprint density at radius 1 is 1.17 bits per heavy atom. The number of thioether (sulfide) groups is 1. The van der Waals surface area contributed by atoms with Gasteiger partial charge in [-0.1, -0.05) is 38.4 Å². The molecule has 1 aromatic carbocycles. The minimum atomic E-state index is 0.186. The topological polar surface area (TPSA) is 6.48 Å². The number of nitrogens with zero attached hydrogens (tertiary/aromatic N) is 2. The van der Waals surface area contributed by atoms with Gasteiger partial charge in [0.2, 0.25) is 0 Å². The van der Waals surface area contributed by atoms with Gasteiger partial charge in [-0.05, 0) is 50.4 Å². The third kappa shape index (κ3) is 4.58. The smallest absolute Gasteiger partial charge is 0.0775 e. The number of hydrogen-bond donors (Lipinski definition) is 0. The van der Waals surface area contributed by atoms with Gasteiger partial charge in [-0.25, -0.2) is 0 Å². The SMILES string of the molecule is CC(C)(C)Sc1cccc(N2CCC(CN3CCCC3)C2)c1Cl. The molecule has 1 aromatic rings. The zero-order chi connectivity index (χ0) is 16.4. The van der Waals surface area contributed by atoms with Crippen molar-refractivity contribution in [1.82, 2.24) is 4.90 Å². The lowest BCUT2D eigenvalue weighted by Crippen LogP contribution is -2.29. The highest BCUT2D eigenvalue weighted by Gasteiger charge is 2.27. The molecule has 0 spiro atoms. The number of rotatable bonds is 4. The number of halogens is 1. The van der Waals surface area contributed by atoms with Gasteiger partial charge in [-0.2, -0.15) is 0 Å². The van der Waals surface area contributed by atoms with E-state index in [1.807, 2.05) is 11.8 Å². The summed E-state index contributed by atoms with van der Waals surface area (Å²) in [5, 5.41) is 0.939. The van der Waals surface area contributed by atoms with Crippen LogP contribution in [0.2, 0.25) is 5.02 Å². The van der Waals surface area contributed by atoms with Crippen molar-refractivity contribution in [3.05, 3.63) is 23.2 Å². The minimum Gasteiger partial charge on any atom is -0.370 e. The van der Waals surface area contributed by atoms with Gasteiger partial charge < -0.3 is 9.80 Å². The van der Waals surface area contributed by atoms with Crippen molar-refractivity contribution in [2.75, 3.05) is 37.6 Å². The van der Waals surface area contributed by atoms with Crippen LogP contribution in [0.5, 0.6) is 0 Å². The van der Waals surface area contributed by atoms with E-state index in [0.717, 1.165) is 24.0 Å². The highest BCUT2D eigenvalue weighted by molar-refractivity contribution is 8.00. The molecule has 2 fully saturated rings. The molecule has 0 N–H and O–H groups in total. The number of anilines is 1. The zero-order valence-electron chi connectivity index (χ0n) is 14.6. The molecule has 2 nitrogen and oxygen atoms in total. The van der Waals surface area contributed by atoms with E-state index >= 15 is 0 Å².